The Kier molecular flexibility index (Phi) is 6.07. The highest BCUT2D eigenvalue weighted by molar-refractivity contribution is 8.00. The first-order valence-corrected chi connectivity index (χ1v) is 7.07. The third-order valence-electron chi connectivity index (χ3n) is 2.98. The van der Waals surface area contributed by atoms with Gasteiger partial charge in [-0.3, -0.25) is 4.79 Å². The lowest BCUT2D eigenvalue weighted by Gasteiger charge is -2.20. The quantitative estimate of drug-likeness (QED) is 0.637. The summed E-state index contributed by atoms with van der Waals surface area (Å²) >= 11 is 1.87. The molecule has 15 heavy (non-hydrogen) atoms. The van der Waals surface area contributed by atoms with Crippen LogP contribution in [-0.4, -0.2) is 16.8 Å². The van der Waals surface area contributed by atoms with Crippen molar-refractivity contribution in [1.29, 1.82) is 0 Å². The highest BCUT2D eigenvalue weighted by atomic mass is 32.2. The summed E-state index contributed by atoms with van der Waals surface area (Å²) in [6, 6.07) is 0. The molecule has 0 aliphatic heterocycles. The minimum Gasteiger partial charge on any atom is -0.298 e. The van der Waals surface area contributed by atoms with Crippen LogP contribution in [0.3, 0.4) is 0 Å². The molecule has 0 aromatic rings. The number of hydrogen-bond acceptors (Lipinski definition) is 2. The lowest BCUT2D eigenvalue weighted by Crippen LogP contribution is -2.12. The maximum Gasteiger partial charge on any atom is 0.146 e. The molecule has 0 heterocycles. The lowest BCUT2D eigenvalue weighted by atomic mass is 10.0. The highest BCUT2D eigenvalue weighted by Crippen LogP contribution is 2.28. The molecule has 0 atom stereocenters. The van der Waals surface area contributed by atoms with Crippen molar-refractivity contribution in [2.75, 3.05) is 5.75 Å². The zero-order valence-electron chi connectivity index (χ0n) is 9.76. The van der Waals surface area contributed by atoms with Crippen molar-refractivity contribution in [1.82, 2.24) is 0 Å². The predicted octanol–water partition coefficient (Wildman–Crippen LogP) is 3.98. The third kappa shape index (κ3) is 5.41. The second-order valence-electron chi connectivity index (χ2n) is 4.39. The second kappa shape index (κ2) is 7.10. The molecule has 0 bridgehead atoms. The van der Waals surface area contributed by atoms with Crippen molar-refractivity contribution in [3.05, 3.63) is 12.2 Å². The van der Waals surface area contributed by atoms with E-state index in [4.69, 9.17) is 0 Å². The van der Waals surface area contributed by atoms with Crippen LogP contribution in [0.15, 0.2) is 12.2 Å². The molecule has 0 amide bonds. The summed E-state index contributed by atoms with van der Waals surface area (Å²) in [5.41, 5.74) is 1.07. The van der Waals surface area contributed by atoms with E-state index in [1.165, 1.54) is 32.1 Å². The summed E-state index contributed by atoms with van der Waals surface area (Å²) in [5, 5.41) is 0.748. The molecule has 86 valence electrons. The Morgan fingerprint density at radius 1 is 1.33 bits per heavy atom. The van der Waals surface area contributed by atoms with Crippen molar-refractivity contribution in [3.63, 3.8) is 0 Å². The van der Waals surface area contributed by atoms with Gasteiger partial charge in [0.25, 0.3) is 0 Å². The Labute approximate surface area is 97.7 Å². The number of thioether (sulfide) groups is 1. The SMILES string of the molecule is C=C(CC)CC(=O)CSC1CCCCC1. The summed E-state index contributed by atoms with van der Waals surface area (Å²) < 4.78 is 0. The molecule has 1 rings (SSSR count). The third-order valence-corrected chi connectivity index (χ3v) is 4.41. The number of allylic oxidation sites excluding steroid dienone is 1. The van der Waals surface area contributed by atoms with Gasteiger partial charge in [-0.2, -0.15) is 11.8 Å². The van der Waals surface area contributed by atoms with Crippen LogP contribution in [0.25, 0.3) is 0 Å². The van der Waals surface area contributed by atoms with Crippen molar-refractivity contribution in [3.8, 4) is 0 Å². The molecule has 0 unspecified atom stereocenters. The maximum atomic E-state index is 11.6. The monoisotopic (exact) mass is 226 g/mol. The van der Waals surface area contributed by atoms with Crippen molar-refractivity contribution in [2.45, 2.75) is 57.1 Å². The van der Waals surface area contributed by atoms with Gasteiger partial charge in [0, 0.05) is 11.7 Å². The fourth-order valence-corrected chi connectivity index (χ4v) is 3.09. The van der Waals surface area contributed by atoms with E-state index < -0.39 is 0 Å². The van der Waals surface area contributed by atoms with Gasteiger partial charge < -0.3 is 0 Å². The Hall–Kier alpha value is -0.240. The molecule has 1 aliphatic carbocycles. The van der Waals surface area contributed by atoms with Crippen LogP contribution in [0.5, 0.6) is 0 Å². The number of rotatable bonds is 6. The summed E-state index contributed by atoms with van der Waals surface area (Å²) in [6.07, 6.45) is 8.24. The number of Topliss-reactive ketones (excluding diaryl/α,β-unsaturated/α-hetero) is 1. The maximum absolute atomic E-state index is 11.6. The van der Waals surface area contributed by atoms with Gasteiger partial charge in [-0.05, 0) is 19.3 Å². The minimum absolute atomic E-state index is 0.359. The Bertz CT molecular complexity index is 217. The predicted molar refractivity (Wildman–Crippen MR) is 68.4 cm³/mol. The summed E-state index contributed by atoms with van der Waals surface area (Å²) in [7, 11) is 0. The van der Waals surface area contributed by atoms with Crippen molar-refractivity contribution < 1.29 is 4.79 Å². The normalized spacial score (nSPS) is 17.7. The standard InChI is InChI=1S/C13H22OS/c1-3-11(2)9-12(14)10-15-13-7-5-4-6-8-13/h13H,2-10H2,1H3. The molecule has 0 radical (unpaired) electrons. The fraction of sp³-hybridized carbons (Fsp3) is 0.769. The average molecular weight is 226 g/mol. The molecule has 1 aliphatic rings. The topological polar surface area (TPSA) is 17.1 Å². The zero-order chi connectivity index (χ0) is 11.1. The van der Waals surface area contributed by atoms with Gasteiger partial charge in [-0.25, -0.2) is 0 Å². The van der Waals surface area contributed by atoms with E-state index >= 15 is 0 Å². The molecular formula is C13H22OS. The molecule has 1 nitrogen and oxygen atoms in total. The second-order valence-corrected chi connectivity index (χ2v) is 5.68. The first-order valence-electron chi connectivity index (χ1n) is 6.02. The van der Waals surface area contributed by atoms with E-state index in [9.17, 15) is 4.79 Å². The fourth-order valence-electron chi connectivity index (χ4n) is 1.90. The van der Waals surface area contributed by atoms with E-state index in [2.05, 4.69) is 13.5 Å². The summed E-state index contributed by atoms with van der Waals surface area (Å²) in [5.74, 6) is 1.06. The molecule has 1 saturated carbocycles. The first kappa shape index (κ1) is 12.8. The largest absolute Gasteiger partial charge is 0.298 e. The molecule has 0 aromatic carbocycles. The van der Waals surface area contributed by atoms with Gasteiger partial charge >= 0.3 is 0 Å². The Balaban J connectivity index is 2.12. The Morgan fingerprint density at radius 2 is 2.00 bits per heavy atom. The van der Waals surface area contributed by atoms with E-state index in [0.717, 1.165) is 17.2 Å². The van der Waals surface area contributed by atoms with Crippen molar-refractivity contribution in [2.24, 2.45) is 0 Å². The van der Waals surface area contributed by atoms with E-state index in [0.29, 0.717) is 18.0 Å². The molecule has 0 saturated heterocycles. The van der Waals surface area contributed by atoms with Crippen LogP contribution < -0.4 is 0 Å². The molecular weight excluding hydrogens is 204 g/mol. The smallest absolute Gasteiger partial charge is 0.146 e. The number of hydrogen-bond donors (Lipinski definition) is 0. The minimum atomic E-state index is 0.359. The molecule has 0 spiro atoms. The van der Waals surface area contributed by atoms with Crippen LogP contribution in [0, 0.1) is 0 Å². The van der Waals surface area contributed by atoms with Crippen LogP contribution in [0.1, 0.15) is 51.9 Å². The van der Waals surface area contributed by atoms with E-state index in [1.807, 2.05) is 11.8 Å². The van der Waals surface area contributed by atoms with Crippen LogP contribution in [0.2, 0.25) is 0 Å². The van der Waals surface area contributed by atoms with Gasteiger partial charge in [0.2, 0.25) is 0 Å². The summed E-state index contributed by atoms with van der Waals surface area (Å²) in [6.45, 7) is 5.94. The van der Waals surface area contributed by atoms with Gasteiger partial charge in [0.15, 0.2) is 0 Å². The van der Waals surface area contributed by atoms with Crippen molar-refractivity contribution >= 4 is 17.5 Å². The van der Waals surface area contributed by atoms with Gasteiger partial charge in [-0.15, -0.1) is 0 Å². The molecule has 2 heteroatoms. The molecule has 0 N–H and O–H groups in total. The average Bonchev–Trinajstić information content (AvgIpc) is 2.27. The summed E-state index contributed by atoms with van der Waals surface area (Å²) in [4.78, 5) is 11.6. The first-order chi connectivity index (χ1) is 7.22. The van der Waals surface area contributed by atoms with E-state index in [-0.39, 0.29) is 0 Å². The van der Waals surface area contributed by atoms with Gasteiger partial charge in [0.05, 0.1) is 5.75 Å². The van der Waals surface area contributed by atoms with Crippen LogP contribution >= 0.6 is 11.8 Å². The number of ketones is 1. The lowest BCUT2D eigenvalue weighted by molar-refractivity contribution is -0.116. The number of carbonyl (C=O) groups excluding carboxylic acids is 1. The van der Waals surface area contributed by atoms with E-state index in [1.54, 1.807) is 0 Å². The Morgan fingerprint density at radius 3 is 2.60 bits per heavy atom. The van der Waals surface area contributed by atoms with Gasteiger partial charge in [0.1, 0.15) is 5.78 Å². The van der Waals surface area contributed by atoms with Gasteiger partial charge in [-0.1, -0.05) is 38.3 Å². The molecule has 1 fully saturated rings. The zero-order valence-corrected chi connectivity index (χ0v) is 10.6. The molecule has 0 aromatic heterocycles. The highest BCUT2D eigenvalue weighted by Gasteiger charge is 2.15. The number of carbonyl (C=O) groups is 1. The van der Waals surface area contributed by atoms with Crippen LogP contribution in [0.4, 0.5) is 0 Å². The van der Waals surface area contributed by atoms with Crippen LogP contribution in [-0.2, 0) is 4.79 Å².